The van der Waals surface area contributed by atoms with Gasteiger partial charge in [-0.3, -0.25) is 9.59 Å². The minimum atomic E-state index is -1.31. The topological polar surface area (TPSA) is 104 Å². The van der Waals surface area contributed by atoms with Crippen LogP contribution in [0.25, 0.3) is 21.9 Å². The van der Waals surface area contributed by atoms with Crippen LogP contribution >= 0.6 is 11.6 Å². The van der Waals surface area contributed by atoms with Crippen molar-refractivity contribution in [3.63, 3.8) is 0 Å². The van der Waals surface area contributed by atoms with Crippen LogP contribution in [0.3, 0.4) is 0 Å². The van der Waals surface area contributed by atoms with Gasteiger partial charge < -0.3 is 28.9 Å². The molecule has 0 bridgehead atoms. The second-order valence-corrected chi connectivity index (χ2v) is 12.7. The van der Waals surface area contributed by atoms with Crippen molar-refractivity contribution in [1.82, 2.24) is 19.0 Å². The molecule has 3 heterocycles. The highest BCUT2D eigenvalue weighted by Gasteiger charge is 2.29. The molecule has 1 amide bonds. The van der Waals surface area contributed by atoms with Crippen LogP contribution in [0.4, 0.5) is 15.8 Å². The number of hydrogen-bond donors (Lipinski definition) is 1. The Morgan fingerprint density at radius 3 is 2.44 bits per heavy atom. The number of carbonyl (C=O) groups excluding carboxylic acids is 1. The summed E-state index contributed by atoms with van der Waals surface area (Å²) in [4.78, 5) is 48.5. The standard InChI is InChI=1S/C34H40ClFN6O4.C2H6/c1-3-12-39(13-11-35)23-9-10-28-27(18-23)37-31(38(28)2)5-4-6-32(43)41-16-14-40(15-17-41)30-20-29-24(19-26(30)36)33(44)25(34(45)46)21-42(29)22-7-8-22;1-2/h9-10,18-22H,3-8,11-17H2,1-2H3,(H,45,46);1-2H3. The van der Waals surface area contributed by atoms with Crippen molar-refractivity contribution in [3.8, 4) is 0 Å². The summed E-state index contributed by atoms with van der Waals surface area (Å²) < 4.78 is 19.3. The predicted molar refractivity (Wildman–Crippen MR) is 190 cm³/mol. The molecule has 48 heavy (non-hydrogen) atoms. The molecule has 2 aromatic carbocycles. The molecule has 0 radical (unpaired) electrons. The van der Waals surface area contributed by atoms with E-state index in [-0.39, 0.29) is 22.9 Å². The van der Waals surface area contributed by atoms with E-state index in [0.29, 0.717) is 62.5 Å². The molecule has 1 aliphatic heterocycles. The van der Waals surface area contributed by atoms with Crippen molar-refractivity contribution in [2.24, 2.45) is 7.05 Å². The van der Waals surface area contributed by atoms with E-state index >= 15 is 4.39 Å². The minimum Gasteiger partial charge on any atom is -0.477 e. The first-order valence-corrected chi connectivity index (χ1v) is 17.6. The molecule has 2 fully saturated rings. The van der Waals surface area contributed by atoms with Crippen LogP contribution in [0.15, 0.2) is 41.3 Å². The number of aromatic nitrogens is 3. The second kappa shape index (κ2) is 15.4. The summed E-state index contributed by atoms with van der Waals surface area (Å²) in [5.41, 5.74) is 2.99. The molecule has 2 aliphatic rings. The van der Waals surface area contributed by atoms with E-state index in [1.165, 1.54) is 12.3 Å². The zero-order chi connectivity index (χ0) is 34.5. The van der Waals surface area contributed by atoms with Crippen LogP contribution in [0.1, 0.15) is 75.1 Å². The van der Waals surface area contributed by atoms with Crippen molar-refractivity contribution in [3.05, 3.63) is 64.0 Å². The largest absolute Gasteiger partial charge is 0.477 e. The lowest BCUT2D eigenvalue weighted by Crippen LogP contribution is -2.49. The average molecular weight is 681 g/mol. The highest BCUT2D eigenvalue weighted by atomic mass is 35.5. The van der Waals surface area contributed by atoms with Crippen molar-refractivity contribution < 1.29 is 19.1 Å². The summed E-state index contributed by atoms with van der Waals surface area (Å²) in [6.07, 6.45) is 5.95. The maximum Gasteiger partial charge on any atom is 0.341 e. The monoisotopic (exact) mass is 680 g/mol. The van der Waals surface area contributed by atoms with Gasteiger partial charge in [-0.1, -0.05) is 20.8 Å². The van der Waals surface area contributed by atoms with Crippen molar-refractivity contribution in [2.75, 3.05) is 54.9 Å². The van der Waals surface area contributed by atoms with E-state index in [2.05, 4.69) is 34.6 Å². The number of carboxylic acids is 1. The number of pyridine rings is 1. The SMILES string of the molecule is CC.CCCN(CCCl)c1ccc2c(c1)nc(CCCC(=O)N1CCN(c3cc4c(cc3F)c(=O)c(C(=O)O)cn4C3CC3)CC1)n2C. The van der Waals surface area contributed by atoms with Gasteiger partial charge in [-0.05, 0) is 56.0 Å². The van der Waals surface area contributed by atoms with E-state index < -0.39 is 17.2 Å². The molecule has 258 valence electrons. The Bertz CT molecular complexity index is 1840. The Labute approximate surface area is 285 Å². The second-order valence-electron chi connectivity index (χ2n) is 12.3. The van der Waals surface area contributed by atoms with E-state index in [9.17, 15) is 19.5 Å². The summed E-state index contributed by atoms with van der Waals surface area (Å²) in [5.74, 6) is -0.307. The third kappa shape index (κ3) is 7.31. The molecule has 1 saturated carbocycles. The highest BCUT2D eigenvalue weighted by molar-refractivity contribution is 6.18. The summed E-state index contributed by atoms with van der Waals surface area (Å²) in [5, 5.41) is 9.58. The molecule has 0 unspecified atom stereocenters. The van der Waals surface area contributed by atoms with Gasteiger partial charge in [-0.25, -0.2) is 14.2 Å². The van der Waals surface area contributed by atoms with Gasteiger partial charge in [0.15, 0.2) is 0 Å². The van der Waals surface area contributed by atoms with Crippen LogP contribution in [-0.4, -0.2) is 81.1 Å². The number of piperazine rings is 1. The first-order valence-electron chi connectivity index (χ1n) is 17.1. The van der Waals surface area contributed by atoms with Crippen LogP contribution in [0.2, 0.25) is 0 Å². The average Bonchev–Trinajstić information content (AvgIpc) is 3.89. The Hall–Kier alpha value is -4.12. The van der Waals surface area contributed by atoms with Crippen LogP contribution in [-0.2, 0) is 18.3 Å². The van der Waals surface area contributed by atoms with Gasteiger partial charge in [0.05, 0.1) is 22.2 Å². The Balaban J connectivity index is 0.00000221. The number of hydrogen-bond acceptors (Lipinski definition) is 6. The smallest absolute Gasteiger partial charge is 0.341 e. The van der Waals surface area contributed by atoms with E-state index in [4.69, 9.17) is 16.6 Å². The molecular weight excluding hydrogens is 635 g/mol. The maximum atomic E-state index is 15.4. The normalized spacial score (nSPS) is 14.7. The van der Waals surface area contributed by atoms with Crippen LogP contribution in [0.5, 0.6) is 0 Å². The number of amides is 1. The number of imidazole rings is 1. The molecule has 10 nitrogen and oxygen atoms in total. The highest BCUT2D eigenvalue weighted by Crippen LogP contribution is 2.38. The van der Waals surface area contributed by atoms with Gasteiger partial charge >= 0.3 is 5.97 Å². The van der Waals surface area contributed by atoms with Gasteiger partial charge in [0.25, 0.3) is 0 Å². The number of carbonyl (C=O) groups is 2. The Morgan fingerprint density at radius 2 is 1.79 bits per heavy atom. The Kier molecular flexibility index (Phi) is 11.3. The van der Waals surface area contributed by atoms with Gasteiger partial charge in [0, 0.05) is 88.4 Å². The zero-order valence-electron chi connectivity index (χ0n) is 28.3. The molecule has 6 rings (SSSR count). The molecule has 0 spiro atoms. The molecule has 1 aliphatic carbocycles. The fourth-order valence-corrected chi connectivity index (χ4v) is 6.77. The third-order valence-corrected chi connectivity index (χ3v) is 9.37. The van der Waals surface area contributed by atoms with Gasteiger partial charge in [0.1, 0.15) is 17.2 Å². The van der Waals surface area contributed by atoms with Crippen molar-refractivity contribution in [2.45, 2.75) is 65.3 Å². The lowest BCUT2D eigenvalue weighted by molar-refractivity contribution is -0.131. The molecular formula is C36H46ClFN6O4. The molecule has 4 aromatic rings. The molecule has 1 N–H and O–H groups in total. The Morgan fingerprint density at radius 1 is 1.06 bits per heavy atom. The number of alkyl halides is 1. The van der Waals surface area contributed by atoms with Gasteiger partial charge in [-0.2, -0.15) is 0 Å². The number of anilines is 2. The number of benzene rings is 2. The zero-order valence-corrected chi connectivity index (χ0v) is 29.1. The van der Waals surface area contributed by atoms with Crippen molar-refractivity contribution in [1.29, 1.82) is 0 Å². The number of aromatic carboxylic acids is 1. The van der Waals surface area contributed by atoms with Crippen molar-refractivity contribution >= 4 is 56.8 Å². The summed E-state index contributed by atoms with van der Waals surface area (Å²) in [6, 6.07) is 9.25. The van der Waals surface area contributed by atoms with E-state index in [1.807, 2.05) is 30.7 Å². The molecule has 12 heteroatoms. The molecule has 2 aromatic heterocycles. The number of rotatable bonds is 12. The third-order valence-electron chi connectivity index (χ3n) is 9.21. The summed E-state index contributed by atoms with van der Waals surface area (Å²) in [6.45, 7) is 9.72. The predicted octanol–water partition coefficient (Wildman–Crippen LogP) is 6.21. The quantitative estimate of drug-likeness (QED) is 0.177. The fraction of sp³-hybridized carbons (Fsp3) is 0.500. The molecule has 1 saturated heterocycles. The van der Waals surface area contributed by atoms with Crippen LogP contribution in [0, 0.1) is 5.82 Å². The lowest BCUT2D eigenvalue weighted by atomic mass is 10.1. The first kappa shape index (κ1) is 35.2. The number of halogens is 2. The van der Waals surface area contributed by atoms with Gasteiger partial charge in [-0.15, -0.1) is 11.6 Å². The number of carboxylic acid groups (broad SMARTS) is 1. The van der Waals surface area contributed by atoms with Crippen LogP contribution < -0.4 is 15.2 Å². The summed E-state index contributed by atoms with van der Waals surface area (Å²) >= 11 is 6.03. The number of fused-ring (bicyclic) bond motifs is 2. The number of nitrogens with zero attached hydrogens (tertiary/aromatic N) is 6. The first-order chi connectivity index (χ1) is 23.2. The minimum absolute atomic E-state index is 0.0692. The maximum absolute atomic E-state index is 15.4. The molecule has 0 atom stereocenters. The lowest BCUT2D eigenvalue weighted by Gasteiger charge is -2.36. The number of aryl methyl sites for hydroxylation is 2. The van der Waals surface area contributed by atoms with Gasteiger partial charge in [0.2, 0.25) is 11.3 Å². The summed E-state index contributed by atoms with van der Waals surface area (Å²) in [7, 11) is 2.01. The van der Waals surface area contributed by atoms with E-state index in [0.717, 1.165) is 54.9 Å². The van der Waals surface area contributed by atoms with E-state index in [1.54, 1.807) is 10.6 Å². The fourth-order valence-electron chi connectivity index (χ4n) is 6.56.